The smallest absolute Gasteiger partial charge is 0.339 e. The van der Waals surface area contributed by atoms with Gasteiger partial charge in [0, 0.05) is 25.2 Å². The molecule has 0 fully saturated rings. The van der Waals surface area contributed by atoms with Crippen LogP contribution >= 0.6 is 0 Å². The molecule has 0 amide bonds. The predicted octanol–water partition coefficient (Wildman–Crippen LogP) is 2.67. The van der Waals surface area contributed by atoms with E-state index in [4.69, 9.17) is 9.84 Å². The number of nitrogens with zero attached hydrogens (tertiary/aromatic N) is 1. The quantitative estimate of drug-likeness (QED) is 0.862. The lowest BCUT2D eigenvalue weighted by molar-refractivity contribution is 0.0697. The number of nitrogens with one attached hydrogen (secondary N) is 1. The number of methoxy groups -OCH3 is 1. The van der Waals surface area contributed by atoms with Crippen LogP contribution in [0.3, 0.4) is 0 Å². The Labute approximate surface area is 110 Å². The van der Waals surface area contributed by atoms with E-state index in [0.717, 1.165) is 11.3 Å². The molecule has 0 aliphatic heterocycles. The SMILES string of the molecule is COCc1cccc(Nc2ccncc2C(=O)O)c1. The summed E-state index contributed by atoms with van der Waals surface area (Å²) >= 11 is 0. The number of rotatable bonds is 5. The standard InChI is InChI=1S/C14H14N2O3/c1-19-9-10-3-2-4-11(7-10)16-13-5-6-15-8-12(13)14(17)18/h2-8H,9H2,1H3,(H,15,16)(H,17,18). The van der Waals surface area contributed by atoms with Crippen LogP contribution < -0.4 is 5.32 Å². The highest BCUT2D eigenvalue weighted by Gasteiger charge is 2.09. The molecule has 2 aromatic rings. The van der Waals surface area contributed by atoms with Crippen molar-refractivity contribution < 1.29 is 14.6 Å². The number of aromatic carboxylic acids is 1. The van der Waals surface area contributed by atoms with Gasteiger partial charge in [-0.05, 0) is 23.8 Å². The van der Waals surface area contributed by atoms with Crippen molar-refractivity contribution in [2.24, 2.45) is 0 Å². The Morgan fingerprint density at radius 1 is 1.42 bits per heavy atom. The summed E-state index contributed by atoms with van der Waals surface area (Å²) in [5.74, 6) is -1.01. The Morgan fingerprint density at radius 2 is 2.26 bits per heavy atom. The maximum atomic E-state index is 11.1. The van der Waals surface area contributed by atoms with Gasteiger partial charge in [0.1, 0.15) is 5.56 Å². The van der Waals surface area contributed by atoms with Crippen molar-refractivity contribution in [1.82, 2.24) is 4.98 Å². The molecule has 2 rings (SSSR count). The van der Waals surface area contributed by atoms with Gasteiger partial charge in [-0.1, -0.05) is 12.1 Å². The summed E-state index contributed by atoms with van der Waals surface area (Å²) in [4.78, 5) is 14.9. The van der Waals surface area contributed by atoms with Crippen molar-refractivity contribution in [2.45, 2.75) is 6.61 Å². The number of pyridine rings is 1. The van der Waals surface area contributed by atoms with Crippen molar-refractivity contribution in [1.29, 1.82) is 0 Å². The second-order valence-electron chi connectivity index (χ2n) is 3.98. The Kier molecular flexibility index (Phi) is 4.10. The zero-order valence-electron chi connectivity index (χ0n) is 10.5. The van der Waals surface area contributed by atoms with Crippen LogP contribution in [0, 0.1) is 0 Å². The molecule has 19 heavy (non-hydrogen) atoms. The van der Waals surface area contributed by atoms with Crippen molar-refractivity contribution in [3.05, 3.63) is 53.9 Å². The van der Waals surface area contributed by atoms with Crippen LogP contribution in [0.5, 0.6) is 0 Å². The molecule has 1 aromatic heterocycles. The summed E-state index contributed by atoms with van der Waals surface area (Å²) in [6, 6.07) is 9.24. The maximum absolute atomic E-state index is 11.1. The second-order valence-corrected chi connectivity index (χ2v) is 3.98. The fraction of sp³-hybridized carbons (Fsp3) is 0.143. The molecule has 5 heteroatoms. The van der Waals surface area contributed by atoms with Gasteiger partial charge >= 0.3 is 5.97 Å². The number of ether oxygens (including phenoxy) is 1. The topological polar surface area (TPSA) is 71.5 Å². The normalized spacial score (nSPS) is 10.2. The van der Waals surface area contributed by atoms with Crippen molar-refractivity contribution in [3.8, 4) is 0 Å². The van der Waals surface area contributed by atoms with E-state index in [1.807, 2.05) is 24.3 Å². The third-order valence-electron chi connectivity index (χ3n) is 2.57. The van der Waals surface area contributed by atoms with Crippen LogP contribution in [-0.2, 0) is 11.3 Å². The fourth-order valence-electron chi connectivity index (χ4n) is 1.73. The van der Waals surface area contributed by atoms with Gasteiger partial charge in [0.2, 0.25) is 0 Å². The third-order valence-corrected chi connectivity index (χ3v) is 2.57. The van der Waals surface area contributed by atoms with Gasteiger partial charge in [0.05, 0.1) is 12.3 Å². The third kappa shape index (κ3) is 3.29. The highest BCUT2D eigenvalue weighted by atomic mass is 16.5. The zero-order valence-corrected chi connectivity index (χ0v) is 10.5. The molecule has 0 atom stereocenters. The lowest BCUT2D eigenvalue weighted by Crippen LogP contribution is -2.03. The first-order chi connectivity index (χ1) is 9.20. The van der Waals surface area contributed by atoms with Crippen molar-refractivity contribution in [3.63, 3.8) is 0 Å². The molecule has 0 saturated carbocycles. The molecule has 98 valence electrons. The van der Waals surface area contributed by atoms with E-state index in [2.05, 4.69) is 10.3 Å². The Hall–Kier alpha value is -2.40. The fourth-order valence-corrected chi connectivity index (χ4v) is 1.73. The van der Waals surface area contributed by atoms with Crippen molar-refractivity contribution >= 4 is 17.3 Å². The second kappa shape index (κ2) is 5.97. The van der Waals surface area contributed by atoms with E-state index in [9.17, 15) is 4.79 Å². The summed E-state index contributed by atoms with van der Waals surface area (Å²) in [7, 11) is 1.63. The summed E-state index contributed by atoms with van der Waals surface area (Å²) in [6.07, 6.45) is 2.87. The number of anilines is 2. The largest absolute Gasteiger partial charge is 0.478 e. The summed E-state index contributed by atoms with van der Waals surface area (Å²) in [5.41, 5.74) is 2.47. The number of hydrogen-bond acceptors (Lipinski definition) is 4. The molecule has 0 spiro atoms. The molecular weight excluding hydrogens is 244 g/mol. The molecule has 0 aliphatic rings. The summed E-state index contributed by atoms with van der Waals surface area (Å²) in [6.45, 7) is 0.512. The molecule has 0 bridgehead atoms. The highest BCUT2D eigenvalue weighted by Crippen LogP contribution is 2.21. The molecule has 0 aliphatic carbocycles. The van der Waals surface area contributed by atoms with Gasteiger partial charge in [0.25, 0.3) is 0 Å². The molecule has 0 unspecified atom stereocenters. The monoisotopic (exact) mass is 258 g/mol. The summed E-state index contributed by atoms with van der Waals surface area (Å²) in [5, 5.41) is 12.2. The van der Waals surface area contributed by atoms with Crippen LogP contribution in [0.2, 0.25) is 0 Å². The van der Waals surface area contributed by atoms with E-state index in [1.54, 1.807) is 19.4 Å². The molecular formula is C14H14N2O3. The Morgan fingerprint density at radius 3 is 3.00 bits per heavy atom. The van der Waals surface area contributed by atoms with Crippen molar-refractivity contribution in [2.75, 3.05) is 12.4 Å². The van der Waals surface area contributed by atoms with Gasteiger partial charge in [-0.2, -0.15) is 0 Å². The zero-order chi connectivity index (χ0) is 13.7. The molecule has 2 N–H and O–H groups in total. The van der Waals surface area contributed by atoms with Gasteiger partial charge in [-0.15, -0.1) is 0 Å². The minimum atomic E-state index is -1.01. The Balaban J connectivity index is 2.26. The predicted molar refractivity (Wildman–Crippen MR) is 71.6 cm³/mol. The lowest BCUT2D eigenvalue weighted by Gasteiger charge is -2.10. The van der Waals surface area contributed by atoms with Gasteiger partial charge in [0.15, 0.2) is 0 Å². The average molecular weight is 258 g/mol. The minimum absolute atomic E-state index is 0.139. The number of carboxylic acid groups (broad SMARTS) is 1. The van der Waals surface area contributed by atoms with Crippen LogP contribution in [0.15, 0.2) is 42.7 Å². The number of carboxylic acids is 1. The van der Waals surface area contributed by atoms with Crippen LogP contribution in [0.1, 0.15) is 15.9 Å². The number of hydrogen-bond donors (Lipinski definition) is 2. The minimum Gasteiger partial charge on any atom is -0.478 e. The number of carbonyl (C=O) groups is 1. The average Bonchev–Trinajstić information content (AvgIpc) is 2.40. The van der Waals surface area contributed by atoms with Gasteiger partial charge in [-0.3, -0.25) is 4.98 Å². The number of benzene rings is 1. The van der Waals surface area contributed by atoms with Gasteiger partial charge < -0.3 is 15.2 Å². The van der Waals surface area contributed by atoms with E-state index < -0.39 is 5.97 Å². The lowest BCUT2D eigenvalue weighted by atomic mass is 10.2. The van der Waals surface area contributed by atoms with Crippen LogP contribution in [0.4, 0.5) is 11.4 Å². The maximum Gasteiger partial charge on any atom is 0.339 e. The number of aromatic nitrogens is 1. The van der Waals surface area contributed by atoms with E-state index in [0.29, 0.717) is 12.3 Å². The summed E-state index contributed by atoms with van der Waals surface area (Å²) < 4.78 is 5.06. The molecule has 1 aromatic carbocycles. The molecule has 1 heterocycles. The Bertz CT molecular complexity index is 584. The molecule has 5 nitrogen and oxygen atoms in total. The van der Waals surface area contributed by atoms with Gasteiger partial charge in [-0.25, -0.2) is 4.79 Å². The van der Waals surface area contributed by atoms with E-state index in [-0.39, 0.29) is 5.56 Å². The first kappa shape index (κ1) is 13.0. The van der Waals surface area contributed by atoms with E-state index in [1.165, 1.54) is 6.20 Å². The highest BCUT2D eigenvalue weighted by molar-refractivity contribution is 5.94. The molecule has 0 radical (unpaired) electrons. The first-order valence-corrected chi connectivity index (χ1v) is 5.73. The first-order valence-electron chi connectivity index (χ1n) is 5.73. The van der Waals surface area contributed by atoms with Crippen LogP contribution in [0.25, 0.3) is 0 Å². The molecule has 0 saturated heterocycles. The van der Waals surface area contributed by atoms with Crippen LogP contribution in [-0.4, -0.2) is 23.2 Å². The van der Waals surface area contributed by atoms with E-state index >= 15 is 0 Å².